The predicted molar refractivity (Wildman–Crippen MR) is 52.4 cm³/mol. The highest BCUT2D eigenvalue weighted by molar-refractivity contribution is 5.92. The van der Waals surface area contributed by atoms with Crippen LogP contribution in [0.15, 0.2) is 22.8 Å². The maximum Gasteiger partial charge on any atom is 0.346 e. The van der Waals surface area contributed by atoms with E-state index in [0.717, 1.165) is 12.0 Å². The molecule has 0 bridgehead atoms. The molecule has 1 N–H and O–H groups in total. The molecule has 0 fully saturated rings. The Morgan fingerprint density at radius 2 is 2.29 bits per heavy atom. The van der Waals surface area contributed by atoms with Crippen LogP contribution in [0.4, 0.5) is 0 Å². The first-order valence-corrected chi connectivity index (χ1v) is 4.58. The Hall–Kier alpha value is -1.56. The van der Waals surface area contributed by atoms with Gasteiger partial charge in [0.2, 0.25) is 0 Å². The number of allylic oxidation sites excluding steroid dienone is 3. The Bertz CT molecular complexity index is 358. The van der Waals surface area contributed by atoms with E-state index in [9.17, 15) is 4.79 Å². The van der Waals surface area contributed by atoms with Crippen molar-refractivity contribution in [2.45, 2.75) is 26.7 Å². The van der Waals surface area contributed by atoms with E-state index in [1.165, 1.54) is 0 Å². The highest BCUT2D eigenvalue weighted by Gasteiger charge is 2.18. The zero-order valence-electron chi connectivity index (χ0n) is 8.37. The number of nitrogens with zero attached hydrogens (tertiary/aromatic N) is 1. The van der Waals surface area contributed by atoms with E-state index >= 15 is 0 Å². The molecule has 3 nitrogen and oxygen atoms in total. The van der Waals surface area contributed by atoms with E-state index in [0.29, 0.717) is 17.9 Å². The van der Waals surface area contributed by atoms with Gasteiger partial charge in [-0.3, -0.25) is 0 Å². The van der Waals surface area contributed by atoms with E-state index in [2.05, 4.69) is 6.92 Å². The largest absolute Gasteiger partial charge is 0.477 e. The summed E-state index contributed by atoms with van der Waals surface area (Å²) in [5.74, 6) is -0.696. The summed E-state index contributed by atoms with van der Waals surface area (Å²) in [5.41, 5.74) is 1.69. The molecular formula is C11H13NO2. The molecule has 0 aromatic carbocycles. The molecular weight excluding hydrogens is 178 g/mol. The maximum absolute atomic E-state index is 10.7. The molecule has 0 aromatic heterocycles. The molecule has 14 heavy (non-hydrogen) atoms. The lowest BCUT2D eigenvalue weighted by atomic mass is 9.86. The molecule has 0 amide bonds. The summed E-state index contributed by atoms with van der Waals surface area (Å²) in [7, 11) is 0. The van der Waals surface area contributed by atoms with Crippen molar-refractivity contribution in [1.29, 1.82) is 5.26 Å². The van der Waals surface area contributed by atoms with E-state index in [-0.39, 0.29) is 5.57 Å². The second-order valence-electron chi connectivity index (χ2n) is 3.82. The summed E-state index contributed by atoms with van der Waals surface area (Å²) in [4.78, 5) is 10.7. The third-order valence-electron chi connectivity index (χ3n) is 2.31. The van der Waals surface area contributed by atoms with Crippen LogP contribution in [0.5, 0.6) is 0 Å². The monoisotopic (exact) mass is 191 g/mol. The van der Waals surface area contributed by atoms with Crippen LogP contribution >= 0.6 is 0 Å². The summed E-state index contributed by atoms with van der Waals surface area (Å²) in [6, 6.07) is 1.75. The minimum absolute atomic E-state index is 0.115. The van der Waals surface area contributed by atoms with E-state index in [4.69, 9.17) is 10.4 Å². The van der Waals surface area contributed by atoms with E-state index in [1.807, 2.05) is 13.0 Å². The summed E-state index contributed by atoms with van der Waals surface area (Å²) in [6.45, 7) is 4.03. The van der Waals surface area contributed by atoms with Crippen molar-refractivity contribution in [3.8, 4) is 6.07 Å². The SMILES string of the molecule is CC1=C/C(=C(/C#N)C(=O)O)CC(C)C1. The molecule has 74 valence electrons. The average molecular weight is 191 g/mol. The number of carboxylic acid groups (broad SMARTS) is 1. The second kappa shape index (κ2) is 4.10. The first-order chi connectivity index (χ1) is 6.54. The first kappa shape index (κ1) is 10.5. The maximum atomic E-state index is 10.7. The van der Waals surface area contributed by atoms with Gasteiger partial charge in [0.05, 0.1) is 0 Å². The lowest BCUT2D eigenvalue weighted by Crippen LogP contribution is -2.09. The Balaban J connectivity index is 3.13. The fourth-order valence-electron chi connectivity index (χ4n) is 1.84. The molecule has 0 heterocycles. The molecule has 0 aromatic rings. The summed E-state index contributed by atoms with van der Waals surface area (Å²) in [6.07, 6.45) is 3.50. The smallest absolute Gasteiger partial charge is 0.346 e. The molecule has 1 atom stereocenters. The summed E-state index contributed by atoms with van der Waals surface area (Å²) in [5, 5.41) is 17.5. The number of hydrogen-bond acceptors (Lipinski definition) is 2. The number of nitriles is 1. The summed E-state index contributed by atoms with van der Waals surface area (Å²) < 4.78 is 0. The van der Waals surface area contributed by atoms with Crippen LogP contribution in [0.3, 0.4) is 0 Å². The molecule has 1 rings (SSSR count). The van der Waals surface area contributed by atoms with Crippen molar-refractivity contribution in [3.63, 3.8) is 0 Å². The number of aliphatic carboxylic acids is 1. The minimum atomic E-state index is -1.12. The molecule has 0 spiro atoms. The third kappa shape index (κ3) is 2.23. The zero-order valence-corrected chi connectivity index (χ0v) is 8.37. The average Bonchev–Trinajstić information content (AvgIpc) is 2.02. The lowest BCUT2D eigenvalue weighted by Gasteiger charge is -2.19. The quantitative estimate of drug-likeness (QED) is 0.511. The van der Waals surface area contributed by atoms with Gasteiger partial charge in [-0.1, -0.05) is 18.6 Å². The Morgan fingerprint density at radius 1 is 1.64 bits per heavy atom. The molecule has 0 radical (unpaired) electrons. The standard InChI is InChI=1S/C11H13NO2/c1-7-3-8(2)5-9(4-7)10(6-12)11(13)14/h4,8H,3,5H2,1-2H3,(H,13,14)/b10-9+. The Labute approximate surface area is 83.4 Å². The van der Waals surface area contributed by atoms with Crippen LogP contribution in [0.2, 0.25) is 0 Å². The number of carboxylic acids is 1. The van der Waals surface area contributed by atoms with Crippen LogP contribution < -0.4 is 0 Å². The molecule has 3 heteroatoms. The van der Waals surface area contributed by atoms with E-state index in [1.54, 1.807) is 6.07 Å². The lowest BCUT2D eigenvalue weighted by molar-refractivity contribution is -0.132. The van der Waals surface area contributed by atoms with Crippen molar-refractivity contribution in [1.82, 2.24) is 0 Å². The van der Waals surface area contributed by atoms with Crippen molar-refractivity contribution in [3.05, 3.63) is 22.8 Å². The third-order valence-corrected chi connectivity index (χ3v) is 2.31. The highest BCUT2D eigenvalue weighted by atomic mass is 16.4. The number of rotatable bonds is 1. The van der Waals surface area contributed by atoms with Crippen LogP contribution in [0.25, 0.3) is 0 Å². The molecule has 0 saturated heterocycles. The van der Waals surface area contributed by atoms with Crippen LogP contribution in [0.1, 0.15) is 26.7 Å². The van der Waals surface area contributed by atoms with Crippen molar-refractivity contribution >= 4 is 5.97 Å². The fraction of sp³-hybridized carbons (Fsp3) is 0.455. The molecule has 0 saturated carbocycles. The zero-order chi connectivity index (χ0) is 10.7. The van der Waals surface area contributed by atoms with Gasteiger partial charge in [-0.2, -0.15) is 5.26 Å². The first-order valence-electron chi connectivity index (χ1n) is 4.58. The molecule has 1 unspecified atom stereocenters. The predicted octanol–water partition coefficient (Wildman–Crippen LogP) is 2.27. The van der Waals surface area contributed by atoms with Gasteiger partial charge >= 0.3 is 5.97 Å². The van der Waals surface area contributed by atoms with Crippen molar-refractivity contribution in [2.75, 3.05) is 0 Å². The topological polar surface area (TPSA) is 61.1 Å². The second-order valence-corrected chi connectivity index (χ2v) is 3.82. The van der Waals surface area contributed by atoms with E-state index < -0.39 is 5.97 Å². The van der Waals surface area contributed by atoms with Gasteiger partial charge in [-0.05, 0) is 31.3 Å². The van der Waals surface area contributed by atoms with Crippen molar-refractivity contribution < 1.29 is 9.90 Å². The van der Waals surface area contributed by atoms with Gasteiger partial charge in [0, 0.05) is 0 Å². The number of carbonyl (C=O) groups is 1. The normalized spacial score (nSPS) is 24.9. The van der Waals surface area contributed by atoms with Gasteiger partial charge in [0.15, 0.2) is 0 Å². The molecule has 1 aliphatic rings. The highest BCUT2D eigenvalue weighted by Crippen LogP contribution is 2.28. The fourth-order valence-corrected chi connectivity index (χ4v) is 1.84. The van der Waals surface area contributed by atoms with Crippen LogP contribution in [-0.4, -0.2) is 11.1 Å². The van der Waals surface area contributed by atoms with Gasteiger partial charge < -0.3 is 5.11 Å². The molecule has 1 aliphatic carbocycles. The van der Waals surface area contributed by atoms with Gasteiger partial charge in [-0.25, -0.2) is 4.79 Å². The minimum Gasteiger partial charge on any atom is -0.477 e. The Kier molecular flexibility index (Phi) is 3.08. The van der Waals surface area contributed by atoms with Crippen molar-refractivity contribution in [2.24, 2.45) is 5.92 Å². The van der Waals surface area contributed by atoms with Gasteiger partial charge in [0.25, 0.3) is 0 Å². The summed E-state index contributed by atoms with van der Waals surface area (Å²) >= 11 is 0. The van der Waals surface area contributed by atoms with Gasteiger partial charge in [0.1, 0.15) is 11.6 Å². The van der Waals surface area contributed by atoms with Gasteiger partial charge in [-0.15, -0.1) is 0 Å². The molecule has 0 aliphatic heterocycles. The Morgan fingerprint density at radius 3 is 2.71 bits per heavy atom. The number of hydrogen-bond donors (Lipinski definition) is 1. The van der Waals surface area contributed by atoms with Crippen LogP contribution in [-0.2, 0) is 4.79 Å². The van der Waals surface area contributed by atoms with Crippen LogP contribution in [0, 0.1) is 17.2 Å².